The van der Waals surface area contributed by atoms with Crippen LogP contribution in [-0.2, 0) is 17.8 Å². The van der Waals surface area contributed by atoms with Crippen LogP contribution in [0.1, 0.15) is 34.8 Å². The Bertz CT molecular complexity index is 479. The first-order valence-corrected chi connectivity index (χ1v) is 6.49. The summed E-state index contributed by atoms with van der Waals surface area (Å²) >= 11 is 0. The van der Waals surface area contributed by atoms with Crippen molar-refractivity contribution in [1.29, 1.82) is 0 Å². The van der Waals surface area contributed by atoms with Crippen molar-refractivity contribution in [3.8, 4) is 0 Å². The molecule has 3 rings (SSSR count). The van der Waals surface area contributed by atoms with E-state index < -0.39 is 0 Å². The first-order valence-electron chi connectivity index (χ1n) is 6.49. The van der Waals surface area contributed by atoms with Crippen LogP contribution in [0.25, 0.3) is 0 Å². The molecule has 0 aromatic heterocycles. The molecule has 2 aliphatic heterocycles. The molecule has 1 saturated heterocycles. The predicted octanol–water partition coefficient (Wildman–Crippen LogP) is 1.62. The standard InChI is InChI=1S/C14H18N2O2.ClH/c1-9-13(4-5-18-9)16-14(17)10-2-3-11-7-15-8-12(11)6-10;/h2-3,6,9,13,15H,4-5,7-8H2,1H3,(H,16,17);1H. The van der Waals surface area contributed by atoms with Crippen molar-refractivity contribution >= 4 is 18.3 Å². The summed E-state index contributed by atoms with van der Waals surface area (Å²) in [7, 11) is 0. The minimum atomic E-state index is 0. The van der Waals surface area contributed by atoms with Crippen molar-refractivity contribution in [3.05, 3.63) is 34.9 Å². The van der Waals surface area contributed by atoms with Crippen molar-refractivity contribution < 1.29 is 9.53 Å². The van der Waals surface area contributed by atoms with Gasteiger partial charge in [-0.25, -0.2) is 0 Å². The number of halogens is 1. The van der Waals surface area contributed by atoms with Gasteiger partial charge in [0.2, 0.25) is 0 Å². The Morgan fingerprint density at radius 3 is 2.89 bits per heavy atom. The zero-order valence-electron chi connectivity index (χ0n) is 10.9. The number of rotatable bonds is 2. The summed E-state index contributed by atoms with van der Waals surface area (Å²) in [5.41, 5.74) is 3.28. The van der Waals surface area contributed by atoms with Crippen LogP contribution in [0.3, 0.4) is 0 Å². The van der Waals surface area contributed by atoms with Crippen LogP contribution < -0.4 is 10.6 Å². The second-order valence-electron chi connectivity index (χ2n) is 5.03. The molecule has 2 unspecified atom stereocenters. The van der Waals surface area contributed by atoms with E-state index >= 15 is 0 Å². The number of benzene rings is 1. The number of carbonyl (C=O) groups excluding carboxylic acids is 1. The fraction of sp³-hybridized carbons (Fsp3) is 0.500. The third kappa shape index (κ3) is 2.91. The van der Waals surface area contributed by atoms with E-state index in [0.29, 0.717) is 0 Å². The maximum Gasteiger partial charge on any atom is 0.251 e. The first-order chi connectivity index (χ1) is 8.74. The number of amides is 1. The zero-order chi connectivity index (χ0) is 12.5. The lowest BCUT2D eigenvalue weighted by Crippen LogP contribution is -2.39. The maximum atomic E-state index is 12.2. The Morgan fingerprint density at radius 1 is 1.37 bits per heavy atom. The van der Waals surface area contributed by atoms with E-state index in [2.05, 4.69) is 10.6 Å². The van der Waals surface area contributed by atoms with Gasteiger partial charge >= 0.3 is 0 Å². The Labute approximate surface area is 119 Å². The number of carbonyl (C=O) groups is 1. The Balaban J connectivity index is 0.00000133. The quantitative estimate of drug-likeness (QED) is 0.867. The van der Waals surface area contributed by atoms with Crippen molar-refractivity contribution in [3.63, 3.8) is 0 Å². The SMILES string of the molecule is CC1OCCC1NC(=O)c1ccc2c(c1)CNC2.Cl. The zero-order valence-corrected chi connectivity index (χ0v) is 11.8. The van der Waals surface area contributed by atoms with E-state index in [1.54, 1.807) is 0 Å². The molecule has 0 radical (unpaired) electrons. The van der Waals surface area contributed by atoms with Crippen molar-refractivity contribution in [2.24, 2.45) is 0 Å². The second kappa shape index (κ2) is 5.90. The molecule has 1 fully saturated rings. The topological polar surface area (TPSA) is 50.4 Å². The van der Waals surface area contributed by atoms with Crippen LogP contribution in [-0.4, -0.2) is 24.7 Å². The normalized spacial score (nSPS) is 24.7. The maximum absolute atomic E-state index is 12.2. The lowest BCUT2D eigenvalue weighted by molar-refractivity contribution is 0.0866. The molecule has 2 atom stereocenters. The molecular formula is C14H19ClN2O2. The lowest BCUT2D eigenvalue weighted by Gasteiger charge is -2.16. The lowest BCUT2D eigenvalue weighted by atomic mass is 10.1. The fourth-order valence-corrected chi connectivity index (χ4v) is 2.61. The average molecular weight is 283 g/mol. The van der Waals surface area contributed by atoms with Gasteiger partial charge in [-0.3, -0.25) is 4.79 Å². The average Bonchev–Trinajstić information content (AvgIpc) is 2.98. The summed E-state index contributed by atoms with van der Waals surface area (Å²) in [5.74, 6) is 0.00653. The Hall–Kier alpha value is -1.10. The summed E-state index contributed by atoms with van der Waals surface area (Å²) in [5, 5.41) is 6.33. The molecule has 0 bridgehead atoms. The van der Waals surface area contributed by atoms with Crippen LogP contribution >= 0.6 is 12.4 Å². The van der Waals surface area contributed by atoms with Crippen LogP contribution in [0, 0.1) is 0 Å². The summed E-state index contributed by atoms with van der Waals surface area (Å²) < 4.78 is 5.45. The van der Waals surface area contributed by atoms with E-state index in [1.807, 2.05) is 25.1 Å². The molecular weight excluding hydrogens is 264 g/mol. The molecule has 2 heterocycles. The molecule has 0 aliphatic carbocycles. The molecule has 1 amide bonds. The molecule has 2 N–H and O–H groups in total. The predicted molar refractivity (Wildman–Crippen MR) is 75.5 cm³/mol. The van der Waals surface area contributed by atoms with Crippen LogP contribution in [0.5, 0.6) is 0 Å². The third-order valence-electron chi connectivity index (χ3n) is 3.79. The van der Waals surface area contributed by atoms with E-state index in [0.717, 1.165) is 31.7 Å². The van der Waals surface area contributed by atoms with Crippen LogP contribution in [0.4, 0.5) is 0 Å². The van der Waals surface area contributed by atoms with E-state index in [1.165, 1.54) is 11.1 Å². The number of nitrogens with one attached hydrogen (secondary N) is 2. The van der Waals surface area contributed by atoms with Crippen LogP contribution in [0.15, 0.2) is 18.2 Å². The highest BCUT2D eigenvalue weighted by atomic mass is 35.5. The first kappa shape index (κ1) is 14.3. The molecule has 5 heteroatoms. The number of fused-ring (bicyclic) bond motifs is 1. The summed E-state index contributed by atoms with van der Waals surface area (Å²) in [6, 6.07) is 6.08. The molecule has 4 nitrogen and oxygen atoms in total. The monoisotopic (exact) mass is 282 g/mol. The Kier molecular flexibility index (Phi) is 4.45. The van der Waals surface area contributed by atoms with Crippen molar-refractivity contribution in [2.75, 3.05) is 6.61 Å². The highest BCUT2D eigenvalue weighted by molar-refractivity contribution is 5.94. The second-order valence-corrected chi connectivity index (χ2v) is 5.03. The number of hydrogen-bond acceptors (Lipinski definition) is 3. The van der Waals surface area contributed by atoms with Gasteiger partial charge in [-0.05, 0) is 36.6 Å². The third-order valence-corrected chi connectivity index (χ3v) is 3.79. The van der Waals surface area contributed by atoms with Gasteiger partial charge in [0.15, 0.2) is 0 Å². The van der Waals surface area contributed by atoms with Gasteiger partial charge in [-0.15, -0.1) is 12.4 Å². The molecule has 1 aromatic carbocycles. The van der Waals surface area contributed by atoms with Crippen LogP contribution in [0.2, 0.25) is 0 Å². The smallest absolute Gasteiger partial charge is 0.251 e. The summed E-state index contributed by atoms with van der Waals surface area (Å²) in [6.45, 7) is 4.51. The van der Waals surface area contributed by atoms with Gasteiger partial charge in [0, 0.05) is 25.3 Å². The number of ether oxygens (including phenoxy) is 1. The minimum absolute atomic E-state index is 0. The highest BCUT2D eigenvalue weighted by Crippen LogP contribution is 2.18. The van der Waals surface area contributed by atoms with Gasteiger partial charge in [0.05, 0.1) is 12.1 Å². The van der Waals surface area contributed by atoms with Gasteiger partial charge in [0.25, 0.3) is 5.91 Å². The highest BCUT2D eigenvalue weighted by Gasteiger charge is 2.26. The largest absolute Gasteiger partial charge is 0.376 e. The number of hydrogen-bond donors (Lipinski definition) is 2. The van der Waals surface area contributed by atoms with Gasteiger partial charge in [-0.1, -0.05) is 6.07 Å². The molecule has 104 valence electrons. The minimum Gasteiger partial charge on any atom is -0.376 e. The molecule has 0 spiro atoms. The van der Waals surface area contributed by atoms with Gasteiger partial charge < -0.3 is 15.4 Å². The summed E-state index contributed by atoms with van der Waals surface area (Å²) in [6.07, 6.45) is 1.02. The molecule has 2 aliphatic rings. The summed E-state index contributed by atoms with van der Waals surface area (Å²) in [4.78, 5) is 12.2. The van der Waals surface area contributed by atoms with Gasteiger partial charge in [-0.2, -0.15) is 0 Å². The van der Waals surface area contributed by atoms with E-state index in [9.17, 15) is 4.79 Å². The van der Waals surface area contributed by atoms with Crippen molar-refractivity contribution in [1.82, 2.24) is 10.6 Å². The van der Waals surface area contributed by atoms with Gasteiger partial charge in [0.1, 0.15) is 0 Å². The van der Waals surface area contributed by atoms with E-state index in [4.69, 9.17) is 4.74 Å². The molecule has 19 heavy (non-hydrogen) atoms. The molecule has 0 saturated carbocycles. The van der Waals surface area contributed by atoms with E-state index in [-0.39, 0.29) is 30.5 Å². The Morgan fingerprint density at radius 2 is 2.16 bits per heavy atom. The van der Waals surface area contributed by atoms with Crippen molar-refractivity contribution in [2.45, 2.75) is 38.6 Å². The fourth-order valence-electron chi connectivity index (χ4n) is 2.61. The molecule has 1 aromatic rings.